The number of aryl methyl sites for hydroxylation is 1. The molecule has 5 nitrogen and oxygen atoms in total. The summed E-state index contributed by atoms with van der Waals surface area (Å²) in [4.78, 5) is 19.8. The molecule has 0 radical (unpaired) electrons. The van der Waals surface area contributed by atoms with Crippen LogP contribution in [0, 0.1) is 6.92 Å². The van der Waals surface area contributed by atoms with Crippen LogP contribution in [0.3, 0.4) is 0 Å². The van der Waals surface area contributed by atoms with Gasteiger partial charge in [0.25, 0.3) is 0 Å². The summed E-state index contributed by atoms with van der Waals surface area (Å²) in [6.45, 7) is 11.2. The Hall–Kier alpha value is -2.53. The predicted molar refractivity (Wildman–Crippen MR) is 125 cm³/mol. The van der Waals surface area contributed by atoms with E-state index in [2.05, 4.69) is 65.4 Å². The molecule has 0 bridgehead atoms. The Balaban J connectivity index is 1.35. The predicted octanol–water partition coefficient (Wildman–Crippen LogP) is 4.55. The SMILES string of the molecule is CCN1CCN(c2ccccc2NC(=O)N2CCC(c3ccc(C)cc3)CC2)CC1. The molecule has 2 saturated heterocycles. The van der Waals surface area contributed by atoms with E-state index in [4.69, 9.17) is 0 Å². The lowest BCUT2D eigenvalue weighted by molar-refractivity contribution is 0.194. The Morgan fingerprint density at radius 2 is 1.60 bits per heavy atom. The van der Waals surface area contributed by atoms with Gasteiger partial charge in [0.05, 0.1) is 11.4 Å². The molecule has 0 atom stereocenters. The van der Waals surface area contributed by atoms with Crippen molar-refractivity contribution in [3.63, 3.8) is 0 Å². The fourth-order valence-electron chi connectivity index (χ4n) is 4.61. The molecule has 2 fully saturated rings. The monoisotopic (exact) mass is 406 g/mol. The maximum absolute atomic E-state index is 13.0. The van der Waals surface area contributed by atoms with Crippen LogP contribution < -0.4 is 10.2 Å². The number of carbonyl (C=O) groups excluding carboxylic acids is 1. The second kappa shape index (κ2) is 9.52. The molecule has 2 aliphatic heterocycles. The standard InChI is InChI=1S/C25H34N4O/c1-3-27-16-18-28(19-17-27)24-7-5-4-6-23(24)26-25(30)29-14-12-22(13-15-29)21-10-8-20(2)9-11-21/h4-11,22H,3,12-19H2,1-2H3,(H,26,30). The summed E-state index contributed by atoms with van der Waals surface area (Å²) in [7, 11) is 0. The minimum Gasteiger partial charge on any atom is -0.367 e. The van der Waals surface area contributed by atoms with Gasteiger partial charge in [-0.25, -0.2) is 4.79 Å². The Morgan fingerprint density at radius 1 is 0.933 bits per heavy atom. The van der Waals surface area contributed by atoms with E-state index in [0.717, 1.165) is 70.0 Å². The van der Waals surface area contributed by atoms with Crippen LogP contribution in [0.5, 0.6) is 0 Å². The topological polar surface area (TPSA) is 38.8 Å². The minimum absolute atomic E-state index is 0.0250. The number of nitrogens with one attached hydrogen (secondary N) is 1. The number of piperidine rings is 1. The number of urea groups is 1. The molecule has 2 heterocycles. The molecule has 1 N–H and O–H groups in total. The van der Waals surface area contributed by atoms with E-state index in [1.807, 2.05) is 17.0 Å². The van der Waals surface area contributed by atoms with Gasteiger partial charge in [-0.1, -0.05) is 48.9 Å². The van der Waals surface area contributed by atoms with Crippen LogP contribution in [0.4, 0.5) is 16.2 Å². The van der Waals surface area contributed by atoms with Gasteiger partial charge in [-0.15, -0.1) is 0 Å². The van der Waals surface area contributed by atoms with Crippen LogP contribution in [0.1, 0.15) is 36.8 Å². The van der Waals surface area contributed by atoms with E-state index in [-0.39, 0.29) is 6.03 Å². The third-order valence-corrected chi connectivity index (χ3v) is 6.64. The normalized spacial score (nSPS) is 18.5. The number of benzene rings is 2. The second-order valence-electron chi connectivity index (χ2n) is 8.54. The van der Waals surface area contributed by atoms with Gasteiger partial charge < -0.3 is 20.0 Å². The maximum atomic E-state index is 13.0. The summed E-state index contributed by atoms with van der Waals surface area (Å²) >= 11 is 0. The molecular weight excluding hydrogens is 372 g/mol. The Labute approximate surface area is 180 Å². The highest BCUT2D eigenvalue weighted by Gasteiger charge is 2.25. The second-order valence-corrected chi connectivity index (χ2v) is 8.54. The number of likely N-dealkylation sites (tertiary alicyclic amines) is 1. The molecule has 30 heavy (non-hydrogen) atoms. The third-order valence-electron chi connectivity index (χ3n) is 6.64. The van der Waals surface area contributed by atoms with Crippen molar-refractivity contribution in [3.05, 3.63) is 59.7 Å². The van der Waals surface area contributed by atoms with Gasteiger partial charge in [0, 0.05) is 39.3 Å². The van der Waals surface area contributed by atoms with E-state index in [9.17, 15) is 4.79 Å². The van der Waals surface area contributed by atoms with Crippen LogP contribution >= 0.6 is 0 Å². The number of anilines is 2. The lowest BCUT2D eigenvalue weighted by atomic mass is 9.89. The molecule has 5 heteroatoms. The summed E-state index contributed by atoms with van der Waals surface area (Å²) in [5.41, 5.74) is 4.76. The van der Waals surface area contributed by atoms with Crippen molar-refractivity contribution < 1.29 is 4.79 Å². The summed E-state index contributed by atoms with van der Waals surface area (Å²) in [5.74, 6) is 0.553. The van der Waals surface area contributed by atoms with Crippen molar-refractivity contribution >= 4 is 17.4 Å². The molecule has 2 amide bonds. The summed E-state index contributed by atoms with van der Waals surface area (Å²) in [5, 5.41) is 3.20. The first-order valence-electron chi connectivity index (χ1n) is 11.3. The van der Waals surface area contributed by atoms with Crippen LogP contribution in [0.2, 0.25) is 0 Å². The van der Waals surface area contributed by atoms with Crippen molar-refractivity contribution in [3.8, 4) is 0 Å². The first-order chi connectivity index (χ1) is 14.6. The summed E-state index contributed by atoms with van der Waals surface area (Å²) in [6.07, 6.45) is 2.05. The quantitative estimate of drug-likeness (QED) is 0.810. The first kappa shape index (κ1) is 20.7. The molecule has 0 spiro atoms. The highest BCUT2D eigenvalue weighted by Crippen LogP contribution is 2.30. The number of hydrogen-bond donors (Lipinski definition) is 1. The Bertz CT molecular complexity index is 834. The number of amides is 2. The summed E-state index contributed by atoms with van der Waals surface area (Å²) < 4.78 is 0. The first-order valence-corrected chi connectivity index (χ1v) is 11.3. The number of carbonyl (C=O) groups is 1. The zero-order chi connectivity index (χ0) is 20.9. The number of rotatable bonds is 4. The zero-order valence-electron chi connectivity index (χ0n) is 18.3. The van der Waals surface area contributed by atoms with Gasteiger partial charge >= 0.3 is 6.03 Å². The van der Waals surface area contributed by atoms with Crippen molar-refractivity contribution in [2.45, 2.75) is 32.6 Å². The number of hydrogen-bond acceptors (Lipinski definition) is 3. The molecule has 2 aliphatic rings. The lowest BCUT2D eigenvalue weighted by Crippen LogP contribution is -2.46. The highest BCUT2D eigenvalue weighted by molar-refractivity contribution is 5.93. The van der Waals surface area contributed by atoms with Crippen LogP contribution in [-0.2, 0) is 0 Å². The van der Waals surface area contributed by atoms with Gasteiger partial charge in [-0.3, -0.25) is 0 Å². The molecule has 0 saturated carbocycles. The third kappa shape index (κ3) is 4.78. The molecular formula is C25H34N4O. The van der Waals surface area contributed by atoms with Crippen molar-refractivity contribution in [2.75, 3.05) is 56.0 Å². The number of piperazine rings is 1. The van der Waals surface area contributed by atoms with E-state index in [1.165, 1.54) is 11.1 Å². The van der Waals surface area contributed by atoms with Crippen LogP contribution in [0.15, 0.2) is 48.5 Å². The van der Waals surface area contributed by atoms with E-state index >= 15 is 0 Å². The molecule has 2 aromatic rings. The van der Waals surface area contributed by atoms with Crippen molar-refractivity contribution in [2.24, 2.45) is 0 Å². The molecule has 2 aromatic carbocycles. The zero-order valence-corrected chi connectivity index (χ0v) is 18.3. The van der Waals surface area contributed by atoms with Crippen molar-refractivity contribution in [1.82, 2.24) is 9.80 Å². The number of likely N-dealkylation sites (N-methyl/N-ethyl adjacent to an activating group) is 1. The van der Waals surface area contributed by atoms with Crippen LogP contribution in [-0.4, -0.2) is 61.6 Å². The largest absolute Gasteiger partial charge is 0.367 e. The fraction of sp³-hybridized carbons (Fsp3) is 0.480. The molecule has 4 rings (SSSR count). The van der Waals surface area contributed by atoms with Gasteiger partial charge in [-0.05, 0) is 49.9 Å². The molecule has 0 aromatic heterocycles. The van der Waals surface area contributed by atoms with Gasteiger partial charge in [0.1, 0.15) is 0 Å². The van der Waals surface area contributed by atoms with E-state index in [0.29, 0.717) is 5.92 Å². The average molecular weight is 407 g/mol. The molecule has 160 valence electrons. The molecule has 0 unspecified atom stereocenters. The van der Waals surface area contributed by atoms with Gasteiger partial charge in [-0.2, -0.15) is 0 Å². The van der Waals surface area contributed by atoms with Gasteiger partial charge in [0.15, 0.2) is 0 Å². The number of para-hydroxylation sites is 2. The minimum atomic E-state index is 0.0250. The highest BCUT2D eigenvalue weighted by atomic mass is 16.2. The summed E-state index contributed by atoms with van der Waals surface area (Å²) in [6, 6.07) is 17.1. The van der Waals surface area contributed by atoms with E-state index in [1.54, 1.807) is 0 Å². The Kier molecular flexibility index (Phi) is 6.58. The smallest absolute Gasteiger partial charge is 0.321 e. The maximum Gasteiger partial charge on any atom is 0.321 e. The van der Waals surface area contributed by atoms with E-state index < -0.39 is 0 Å². The molecule has 0 aliphatic carbocycles. The number of nitrogens with zero attached hydrogens (tertiary/aromatic N) is 3. The Morgan fingerprint density at radius 3 is 2.27 bits per heavy atom. The lowest BCUT2D eigenvalue weighted by Gasteiger charge is -2.37. The van der Waals surface area contributed by atoms with Gasteiger partial charge in [0.2, 0.25) is 0 Å². The van der Waals surface area contributed by atoms with Crippen molar-refractivity contribution in [1.29, 1.82) is 0 Å². The average Bonchev–Trinajstić information content (AvgIpc) is 2.80. The van der Waals surface area contributed by atoms with Crippen LogP contribution in [0.25, 0.3) is 0 Å². The fourth-order valence-corrected chi connectivity index (χ4v) is 4.61.